The average molecular weight is 332 g/mol. The maximum atomic E-state index is 3.50. The molecule has 0 saturated carbocycles. The summed E-state index contributed by atoms with van der Waals surface area (Å²) in [7, 11) is 0. The van der Waals surface area contributed by atoms with Gasteiger partial charge < -0.3 is 5.32 Å². The van der Waals surface area contributed by atoms with Gasteiger partial charge in [0.1, 0.15) is 0 Å². The van der Waals surface area contributed by atoms with Crippen LogP contribution in [-0.2, 0) is 6.42 Å². The highest BCUT2D eigenvalue weighted by Gasteiger charge is 1.98. The maximum Gasteiger partial charge on any atom is 0.0346 e. The van der Waals surface area contributed by atoms with Crippen LogP contribution in [0.4, 0.5) is 5.69 Å². The van der Waals surface area contributed by atoms with Crippen molar-refractivity contribution in [3.8, 4) is 0 Å². The van der Waals surface area contributed by atoms with Crippen molar-refractivity contribution in [2.24, 2.45) is 0 Å². The topological polar surface area (TPSA) is 12.0 Å². The van der Waals surface area contributed by atoms with Crippen LogP contribution in [0.1, 0.15) is 5.56 Å². The smallest absolute Gasteiger partial charge is 0.0346 e. The Balaban J connectivity index is 1.69. The van der Waals surface area contributed by atoms with Crippen LogP contribution in [0.2, 0.25) is 0 Å². The highest BCUT2D eigenvalue weighted by atomic mass is 79.9. The van der Waals surface area contributed by atoms with Crippen molar-refractivity contribution < 1.29 is 0 Å². The molecule has 3 aromatic rings. The van der Waals surface area contributed by atoms with E-state index in [0.29, 0.717) is 0 Å². The quantitative estimate of drug-likeness (QED) is 0.682. The number of halogens is 1. The summed E-state index contributed by atoms with van der Waals surface area (Å²) in [6.45, 7) is 0.971. The average Bonchev–Trinajstić information content (AvgIpc) is 2.92. The standard InChI is InChI=1S/C16H14BrNS/c17-15-3-1-14-10-16(4-2-13(14)9-15)18-7-5-12-6-8-19-11-12/h1-4,6,8-11,18H,5,7H2. The minimum absolute atomic E-state index is 0.971. The van der Waals surface area contributed by atoms with Gasteiger partial charge in [0.15, 0.2) is 0 Å². The Hall–Kier alpha value is -1.32. The molecule has 1 nitrogen and oxygen atoms in total. The highest BCUT2D eigenvalue weighted by molar-refractivity contribution is 9.10. The number of anilines is 1. The van der Waals surface area contributed by atoms with E-state index in [-0.39, 0.29) is 0 Å². The zero-order valence-corrected chi connectivity index (χ0v) is 12.8. The van der Waals surface area contributed by atoms with Gasteiger partial charge in [0.2, 0.25) is 0 Å². The first-order valence-corrected chi connectivity index (χ1v) is 7.99. The van der Waals surface area contributed by atoms with Crippen LogP contribution < -0.4 is 5.32 Å². The van der Waals surface area contributed by atoms with Gasteiger partial charge in [0, 0.05) is 16.7 Å². The lowest BCUT2D eigenvalue weighted by molar-refractivity contribution is 1.03. The molecule has 96 valence electrons. The second kappa shape index (κ2) is 5.76. The molecule has 1 aromatic heterocycles. The molecule has 0 spiro atoms. The Bertz CT molecular complexity index is 676. The second-order valence-electron chi connectivity index (χ2n) is 4.51. The number of fused-ring (bicyclic) bond motifs is 1. The molecule has 1 heterocycles. The van der Waals surface area contributed by atoms with Crippen molar-refractivity contribution in [3.05, 3.63) is 63.3 Å². The maximum absolute atomic E-state index is 3.50. The molecule has 19 heavy (non-hydrogen) atoms. The molecule has 0 radical (unpaired) electrons. The number of thiophene rings is 1. The fourth-order valence-corrected chi connectivity index (χ4v) is 3.19. The van der Waals surface area contributed by atoms with E-state index in [9.17, 15) is 0 Å². The van der Waals surface area contributed by atoms with Gasteiger partial charge in [-0.25, -0.2) is 0 Å². The van der Waals surface area contributed by atoms with Gasteiger partial charge in [-0.1, -0.05) is 28.1 Å². The second-order valence-corrected chi connectivity index (χ2v) is 6.21. The Morgan fingerprint density at radius 1 is 1.00 bits per heavy atom. The summed E-state index contributed by atoms with van der Waals surface area (Å²) >= 11 is 5.26. The molecular weight excluding hydrogens is 318 g/mol. The molecule has 0 saturated heterocycles. The van der Waals surface area contributed by atoms with Gasteiger partial charge >= 0.3 is 0 Å². The van der Waals surface area contributed by atoms with Crippen molar-refractivity contribution in [1.82, 2.24) is 0 Å². The van der Waals surface area contributed by atoms with Gasteiger partial charge in [-0.3, -0.25) is 0 Å². The number of hydrogen-bond acceptors (Lipinski definition) is 2. The van der Waals surface area contributed by atoms with E-state index in [1.54, 1.807) is 11.3 Å². The monoisotopic (exact) mass is 331 g/mol. The number of rotatable bonds is 4. The lowest BCUT2D eigenvalue weighted by Gasteiger charge is -2.07. The first-order chi connectivity index (χ1) is 9.31. The predicted molar refractivity (Wildman–Crippen MR) is 88.2 cm³/mol. The molecule has 0 aliphatic rings. The molecule has 0 unspecified atom stereocenters. The third kappa shape index (κ3) is 3.17. The van der Waals surface area contributed by atoms with Crippen molar-refractivity contribution in [1.29, 1.82) is 0 Å². The molecule has 1 N–H and O–H groups in total. The van der Waals surface area contributed by atoms with Crippen LogP contribution in [-0.4, -0.2) is 6.54 Å². The zero-order valence-electron chi connectivity index (χ0n) is 10.4. The summed E-state index contributed by atoms with van der Waals surface area (Å²) in [5.74, 6) is 0. The number of benzene rings is 2. The molecule has 3 rings (SSSR count). The van der Waals surface area contributed by atoms with Gasteiger partial charge in [-0.05, 0) is 63.8 Å². The fraction of sp³-hybridized carbons (Fsp3) is 0.125. The van der Waals surface area contributed by atoms with E-state index in [0.717, 1.165) is 17.4 Å². The minimum atomic E-state index is 0.971. The Labute approximate surface area is 125 Å². The first-order valence-electron chi connectivity index (χ1n) is 6.25. The van der Waals surface area contributed by atoms with Crippen molar-refractivity contribution in [3.63, 3.8) is 0 Å². The third-order valence-electron chi connectivity index (χ3n) is 3.13. The number of hydrogen-bond donors (Lipinski definition) is 1. The molecule has 0 atom stereocenters. The molecule has 0 aliphatic carbocycles. The summed E-state index contributed by atoms with van der Waals surface area (Å²) in [6, 6.07) is 15.1. The van der Waals surface area contributed by atoms with Crippen molar-refractivity contribution in [2.75, 3.05) is 11.9 Å². The summed E-state index contributed by atoms with van der Waals surface area (Å²) < 4.78 is 1.12. The van der Waals surface area contributed by atoms with Crippen LogP contribution in [0, 0.1) is 0 Å². The van der Waals surface area contributed by atoms with Gasteiger partial charge in [-0.2, -0.15) is 11.3 Å². The minimum Gasteiger partial charge on any atom is -0.385 e. The molecule has 0 aliphatic heterocycles. The van der Waals surface area contributed by atoms with Crippen LogP contribution in [0.25, 0.3) is 10.8 Å². The van der Waals surface area contributed by atoms with Crippen LogP contribution in [0.3, 0.4) is 0 Å². The van der Waals surface area contributed by atoms with Crippen LogP contribution in [0.15, 0.2) is 57.7 Å². The molecule has 0 fully saturated rings. The predicted octanol–water partition coefficient (Wildman–Crippen LogP) is 5.32. The van der Waals surface area contributed by atoms with Gasteiger partial charge in [0.05, 0.1) is 0 Å². The summed E-state index contributed by atoms with van der Waals surface area (Å²) in [5.41, 5.74) is 2.59. The van der Waals surface area contributed by atoms with Gasteiger partial charge in [0.25, 0.3) is 0 Å². The molecule has 0 bridgehead atoms. The Kier molecular flexibility index (Phi) is 3.85. The normalized spacial score (nSPS) is 10.8. The summed E-state index contributed by atoms with van der Waals surface area (Å²) in [5, 5.41) is 10.3. The summed E-state index contributed by atoms with van der Waals surface area (Å²) in [4.78, 5) is 0. The molecule has 2 aromatic carbocycles. The fourth-order valence-electron chi connectivity index (χ4n) is 2.11. The van der Waals surface area contributed by atoms with Crippen LogP contribution in [0.5, 0.6) is 0 Å². The number of nitrogens with one attached hydrogen (secondary N) is 1. The lowest BCUT2D eigenvalue weighted by atomic mass is 10.1. The van der Waals surface area contributed by atoms with Crippen LogP contribution >= 0.6 is 27.3 Å². The first kappa shape index (κ1) is 12.7. The molecule has 3 heteroatoms. The van der Waals surface area contributed by atoms with E-state index >= 15 is 0 Å². The largest absolute Gasteiger partial charge is 0.385 e. The Morgan fingerprint density at radius 3 is 2.68 bits per heavy atom. The third-order valence-corrected chi connectivity index (χ3v) is 4.35. The molecule has 0 amide bonds. The van der Waals surface area contributed by atoms with Crippen molar-refractivity contribution >= 4 is 43.7 Å². The van der Waals surface area contributed by atoms with E-state index < -0.39 is 0 Å². The van der Waals surface area contributed by atoms with E-state index in [2.05, 4.69) is 74.5 Å². The molecular formula is C16H14BrNS. The zero-order chi connectivity index (χ0) is 13.1. The van der Waals surface area contributed by atoms with E-state index in [1.165, 1.54) is 22.0 Å². The SMILES string of the molecule is Brc1ccc2cc(NCCc3ccsc3)ccc2c1. The van der Waals surface area contributed by atoms with E-state index in [1.807, 2.05) is 0 Å². The van der Waals surface area contributed by atoms with E-state index in [4.69, 9.17) is 0 Å². The summed E-state index contributed by atoms with van der Waals surface area (Å²) in [6.07, 6.45) is 1.07. The lowest BCUT2D eigenvalue weighted by Crippen LogP contribution is -2.03. The van der Waals surface area contributed by atoms with Crippen molar-refractivity contribution in [2.45, 2.75) is 6.42 Å². The Morgan fingerprint density at radius 2 is 1.84 bits per heavy atom. The van der Waals surface area contributed by atoms with Gasteiger partial charge in [-0.15, -0.1) is 0 Å². The highest BCUT2D eigenvalue weighted by Crippen LogP contribution is 2.23.